The van der Waals surface area contributed by atoms with Gasteiger partial charge in [-0.25, -0.2) is 4.39 Å². The minimum absolute atomic E-state index is 0.0592. The van der Waals surface area contributed by atoms with Crippen LogP contribution >= 0.6 is 0 Å². The van der Waals surface area contributed by atoms with Crippen molar-refractivity contribution < 1.29 is 14.0 Å². The molecule has 1 saturated heterocycles. The number of benzene rings is 1. The first-order valence-electron chi connectivity index (χ1n) is 7.94. The maximum Gasteiger partial charge on any atom is 0.239 e. The average Bonchev–Trinajstić information content (AvgIpc) is 2.49. The smallest absolute Gasteiger partial charge is 0.239 e. The van der Waals surface area contributed by atoms with E-state index in [-0.39, 0.29) is 24.2 Å². The molecule has 0 radical (unpaired) electrons. The molecule has 0 spiro atoms. The van der Waals surface area contributed by atoms with Crippen molar-refractivity contribution in [3.63, 3.8) is 0 Å². The molecule has 5 heteroatoms. The van der Waals surface area contributed by atoms with E-state index >= 15 is 0 Å². The van der Waals surface area contributed by atoms with Gasteiger partial charge in [-0.15, -0.1) is 0 Å². The van der Waals surface area contributed by atoms with Crippen molar-refractivity contribution in [3.8, 4) is 0 Å². The summed E-state index contributed by atoms with van der Waals surface area (Å²) in [5.74, 6) is -0.370. The number of nitrogens with one attached hydrogen (secondary N) is 1. The summed E-state index contributed by atoms with van der Waals surface area (Å²) in [6.45, 7) is 1.14. The second-order valence-electron chi connectivity index (χ2n) is 5.67. The van der Waals surface area contributed by atoms with Gasteiger partial charge in [-0.2, -0.15) is 0 Å². The number of rotatable bonds is 5. The lowest BCUT2D eigenvalue weighted by Crippen LogP contribution is -2.42. The fourth-order valence-corrected chi connectivity index (χ4v) is 2.65. The molecule has 1 aromatic carbocycles. The number of hydrogen-bond acceptors (Lipinski definition) is 2. The van der Waals surface area contributed by atoms with E-state index in [0.717, 1.165) is 25.7 Å². The molecule has 0 atom stereocenters. The molecular formula is C17H23FN2O2. The second-order valence-corrected chi connectivity index (χ2v) is 5.67. The topological polar surface area (TPSA) is 49.4 Å². The Kier molecular flexibility index (Phi) is 6.37. The molecule has 1 fully saturated rings. The lowest BCUT2D eigenvalue weighted by Gasteiger charge is -2.24. The van der Waals surface area contributed by atoms with Gasteiger partial charge in [0.25, 0.3) is 0 Å². The summed E-state index contributed by atoms with van der Waals surface area (Å²) >= 11 is 0. The Hall–Kier alpha value is -1.91. The van der Waals surface area contributed by atoms with Gasteiger partial charge in [0.1, 0.15) is 5.82 Å². The van der Waals surface area contributed by atoms with Gasteiger partial charge in [0.15, 0.2) is 0 Å². The average molecular weight is 306 g/mol. The van der Waals surface area contributed by atoms with Crippen LogP contribution in [0, 0.1) is 5.82 Å². The lowest BCUT2D eigenvalue weighted by molar-refractivity contribution is -0.136. The third-order valence-electron chi connectivity index (χ3n) is 3.93. The third-order valence-corrected chi connectivity index (χ3v) is 3.93. The Morgan fingerprint density at radius 3 is 2.77 bits per heavy atom. The van der Waals surface area contributed by atoms with Crippen LogP contribution in [0.1, 0.15) is 37.7 Å². The largest absolute Gasteiger partial charge is 0.354 e. The van der Waals surface area contributed by atoms with Crippen molar-refractivity contribution in [2.75, 3.05) is 19.6 Å². The highest BCUT2D eigenvalue weighted by atomic mass is 19.1. The molecule has 1 heterocycles. The number of carbonyl (C=O) groups is 2. The van der Waals surface area contributed by atoms with E-state index < -0.39 is 0 Å². The van der Waals surface area contributed by atoms with E-state index in [2.05, 4.69) is 5.32 Å². The van der Waals surface area contributed by atoms with Crippen LogP contribution in [0.4, 0.5) is 4.39 Å². The monoisotopic (exact) mass is 306 g/mol. The predicted molar refractivity (Wildman–Crippen MR) is 82.8 cm³/mol. The van der Waals surface area contributed by atoms with E-state index in [1.807, 2.05) is 0 Å². The van der Waals surface area contributed by atoms with Gasteiger partial charge < -0.3 is 10.2 Å². The summed E-state index contributed by atoms with van der Waals surface area (Å²) < 4.78 is 13.5. The summed E-state index contributed by atoms with van der Waals surface area (Å²) in [4.78, 5) is 25.5. The SMILES string of the molecule is O=C(CN1CCCCCCC1=O)NCCc1ccccc1F. The van der Waals surface area contributed by atoms with Gasteiger partial charge in [0.2, 0.25) is 11.8 Å². The molecule has 120 valence electrons. The fraction of sp³-hybridized carbons (Fsp3) is 0.529. The lowest BCUT2D eigenvalue weighted by atomic mass is 10.1. The summed E-state index contributed by atoms with van der Waals surface area (Å²) in [5, 5.41) is 2.76. The van der Waals surface area contributed by atoms with E-state index in [1.165, 1.54) is 6.07 Å². The molecule has 0 bridgehead atoms. The van der Waals surface area contributed by atoms with E-state index in [4.69, 9.17) is 0 Å². The van der Waals surface area contributed by atoms with Gasteiger partial charge in [0.05, 0.1) is 6.54 Å². The molecule has 0 aliphatic carbocycles. The fourth-order valence-electron chi connectivity index (χ4n) is 2.65. The minimum Gasteiger partial charge on any atom is -0.354 e. The quantitative estimate of drug-likeness (QED) is 0.907. The Labute approximate surface area is 130 Å². The molecule has 0 aromatic heterocycles. The molecule has 1 aliphatic rings. The maximum atomic E-state index is 13.5. The number of nitrogens with zero attached hydrogens (tertiary/aromatic N) is 1. The zero-order valence-electron chi connectivity index (χ0n) is 12.8. The van der Waals surface area contributed by atoms with Crippen LogP contribution in [0.2, 0.25) is 0 Å². The molecule has 0 saturated carbocycles. The highest BCUT2D eigenvalue weighted by molar-refractivity contribution is 5.84. The van der Waals surface area contributed by atoms with Crippen LogP contribution in [-0.2, 0) is 16.0 Å². The number of halogens is 1. The Balaban J connectivity index is 1.75. The van der Waals surface area contributed by atoms with Gasteiger partial charge in [-0.1, -0.05) is 31.0 Å². The second kappa shape index (κ2) is 8.51. The number of hydrogen-bond donors (Lipinski definition) is 1. The number of likely N-dealkylation sites (tertiary alicyclic amines) is 1. The third kappa shape index (κ3) is 5.13. The summed E-state index contributed by atoms with van der Waals surface area (Å²) in [6, 6.07) is 6.55. The van der Waals surface area contributed by atoms with E-state index in [9.17, 15) is 14.0 Å². The van der Waals surface area contributed by atoms with Crippen molar-refractivity contribution in [3.05, 3.63) is 35.6 Å². The van der Waals surface area contributed by atoms with Crippen LogP contribution in [0.15, 0.2) is 24.3 Å². The van der Waals surface area contributed by atoms with Gasteiger partial charge in [0, 0.05) is 19.5 Å². The molecule has 4 nitrogen and oxygen atoms in total. The van der Waals surface area contributed by atoms with Crippen LogP contribution in [-0.4, -0.2) is 36.3 Å². The predicted octanol–water partition coefficient (Wildman–Crippen LogP) is 2.28. The minimum atomic E-state index is -0.254. The standard InChI is InChI=1S/C17H23FN2O2/c18-15-8-5-4-7-14(15)10-11-19-16(21)13-20-12-6-2-1-3-9-17(20)22/h4-5,7-8H,1-3,6,9-13H2,(H,19,21). The Bertz CT molecular complexity index is 519. The normalized spacial score (nSPS) is 16.0. The van der Waals surface area contributed by atoms with Crippen molar-refractivity contribution in [2.24, 2.45) is 0 Å². The zero-order chi connectivity index (χ0) is 15.8. The maximum absolute atomic E-state index is 13.5. The zero-order valence-corrected chi connectivity index (χ0v) is 12.8. The molecule has 0 unspecified atom stereocenters. The van der Waals surface area contributed by atoms with Crippen LogP contribution in [0.5, 0.6) is 0 Å². The highest BCUT2D eigenvalue weighted by Crippen LogP contribution is 2.11. The summed E-state index contributed by atoms with van der Waals surface area (Å²) in [5.41, 5.74) is 0.588. The summed E-state index contributed by atoms with van der Waals surface area (Å²) in [6.07, 6.45) is 5.04. The van der Waals surface area contributed by atoms with Gasteiger partial charge in [-0.05, 0) is 30.9 Å². The first-order chi connectivity index (χ1) is 10.7. The van der Waals surface area contributed by atoms with Crippen LogP contribution in [0.3, 0.4) is 0 Å². The molecule has 1 aliphatic heterocycles. The Morgan fingerprint density at radius 2 is 1.95 bits per heavy atom. The van der Waals surface area contributed by atoms with Gasteiger partial charge in [-0.3, -0.25) is 9.59 Å². The van der Waals surface area contributed by atoms with Crippen molar-refractivity contribution in [1.82, 2.24) is 10.2 Å². The first-order valence-corrected chi connectivity index (χ1v) is 7.94. The highest BCUT2D eigenvalue weighted by Gasteiger charge is 2.18. The van der Waals surface area contributed by atoms with E-state index in [1.54, 1.807) is 23.1 Å². The van der Waals surface area contributed by atoms with E-state index in [0.29, 0.717) is 31.5 Å². The first kappa shape index (κ1) is 16.5. The van der Waals surface area contributed by atoms with Crippen LogP contribution in [0.25, 0.3) is 0 Å². The molecule has 1 aromatic rings. The number of amides is 2. The van der Waals surface area contributed by atoms with Crippen molar-refractivity contribution >= 4 is 11.8 Å². The summed E-state index contributed by atoms with van der Waals surface area (Å²) in [7, 11) is 0. The molecule has 1 N–H and O–H groups in total. The molecular weight excluding hydrogens is 283 g/mol. The molecule has 2 rings (SSSR count). The molecule has 2 amide bonds. The van der Waals surface area contributed by atoms with Crippen LogP contribution < -0.4 is 5.32 Å². The molecule has 22 heavy (non-hydrogen) atoms. The van der Waals surface area contributed by atoms with Gasteiger partial charge >= 0.3 is 0 Å². The number of carbonyl (C=O) groups excluding carboxylic acids is 2. The Morgan fingerprint density at radius 1 is 1.18 bits per heavy atom. The van der Waals surface area contributed by atoms with Crippen molar-refractivity contribution in [2.45, 2.75) is 38.5 Å². The van der Waals surface area contributed by atoms with Crippen molar-refractivity contribution in [1.29, 1.82) is 0 Å².